The zero-order chi connectivity index (χ0) is 15.0. The number of hydrogen-bond donors (Lipinski definition) is 0. The van der Waals surface area contributed by atoms with E-state index >= 15 is 0 Å². The average Bonchev–Trinajstić information content (AvgIpc) is 2.43. The molecule has 1 fully saturated rings. The molecule has 110 valence electrons. The standard InChI is InChI=1S/C13H12F5NO/c1-6-4-2-3-5-19(6)13(20)7-8(14)10(16)12(18)11(17)9(7)15/h6H,2-5H2,1H3. The molecule has 0 aromatic heterocycles. The van der Waals surface area contributed by atoms with E-state index in [2.05, 4.69) is 0 Å². The number of amides is 1. The Kier molecular flexibility index (Phi) is 3.96. The summed E-state index contributed by atoms with van der Waals surface area (Å²) < 4.78 is 66.3. The van der Waals surface area contributed by atoms with Gasteiger partial charge >= 0.3 is 0 Å². The van der Waals surface area contributed by atoms with Crippen LogP contribution in [0.5, 0.6) is 0 Å². The summed E-state index contributed by atoms with van der Waals surface area (Å²) in [5, 5.41) is 0. The molecule has 2 rings (SSSR count). The molecular formula is C13H12F5NO. The van der Waals surface area contributed by atoms with Gasteiger partial charge in [0.05, 0.1) is 0 Å². The van der Waals surface area contributed by atoms with E-state index in [9.17, 15) is 26.7 Å². The van der Waals surface area contributed by atoms with Gasteiger partial charge in [-0.3, -0.25) is 4.79 Å². The molecule has 0 radical (unpaired) electrons. The minimum Gasteiger partial charge on any atom is -0.336 e. The third-order valence-corrected chi connectivity index (χ3v) is 3.49. The number of carbonyl (C=O) groups is 1. The largest absolute Gasteiger partial charge is 0.336 e. The maximum Gasteiger partial charge on any atom is 0.260 e. The number of carbonyl (C=O) groups excluding carboxylic acids is 1. The summed E-state index contributed by atoms with van der Waals surface area (Å²) >= 11 is 0. The van der Waals surface area contributed by atoms with Crippen molar-refractivity contribution in [3.05, 3.63) is 34.6 Å². The second kappa shape index (κ2) is 5.38. The van der Waals surface area contributed by atoms with Crippen LogP contribution in [0.15, 0.2) is 0 Å². The second-order valence-electron chi connectivity index (χ2n) is 4.79. The summed E-state index contributed by atoms with van der Waals surface area (Å²) in [5.74, 6) is -11.8. The Bertz CT molecular complexity index is 531. The zero-order valence-corrected chi connectivity index (χ0v) is 10.7. The summed E-state index contributed by atoms with van der Waals surface area (Å²) in [7, 11) is 0. The van der Waals surface area contributed by atoms with Gasteiger partial charge in [0.15, 0.2) is 23.3 Å². The number of piperidine rings is 1. The third kappa shape index (κ3) is 2.25. The van der Waals surface area contributed by atoms with Gasteiger partial charge in [0.25, 0.3) is 5.91 Å². The predicted octanol–water partition coefficient (Wildman–Crippen LogP) is 3.40. The molecule has 0 bridgehead atoms. The maximum atomic E-state index is 13.6. The van der Waals surface area contributed by atoms with Crippen molar-refractivity contribution in [3.8, 4) is 0 Å². The van der Waals surface area contributed by atoms with Gasteiger partial charge in [0, 0.05) is 12.6 Å². The monoisotopic (exact) mass is 293 g/mol. The average molecular weight is 293 g/mol. The number of hydrogen-bond acceptors (Lipinski definition) is 1. The SMILES string of the molecule is CC1CCCCN1C(=O)c1c(F)c(F)c(F)c(F)c1F. The number of benzene rings is 1. The Morgan fingerprint density at radius 2 is 1.45 bits per heavy atom. The Morgan fingerprint density at radius 3 is 1.95 bits per heavy atom. The molecule has 0 spiro atoms. The van der Waals surface area contributed by atoms with E-state index in [0.717, 1.165) is 11.3 Å². The van der Waals surface area contributed by atoms with Crippen LogP contribution in [0.2, 0.25) is 0 Å². The van der Waals surface area contributed by atoms with E-state index in [1.807, 2.05) is 0 Å². The first kappa shape index (κ1) is 14.7. The third-order valence-electron chi connectivity index (χ3n) is 3.49. The lowest BCUT2D eigenvalue weighted by Crippen LogP contribution is -2.43. The van der Waals surface area contributed by atoms with E-state index < -0.39 is 40.6 Å². The van der Waals surface area contributed by atoms with Crippen LogP contribution >= 0.6 is 0 Å². The van der Waals surface area contributed by atoms with Gasteiger partial charge in [0.1, 0.15) is 5.56 Å². The van der Waals surface area contributed by atoms with Crippen molar-refractivity contribution in [3.63, 3.8) is 0 Å². The topological polar surface area (TPSA) is 20.3 Å². The smallest absolute Gasteiger partial charge is 0.260 e. The molecule has 1 aromatic carbocycles. The quantitative estimate of drug-likeness (QED) is 0.441. The van der Waals surface area contributed by atoms with Crippen molar-refractivity contribution >= 4 is 5.91 Å². The molecule has 1 unspecified atom stereocenters. The molecule has 0 saturated carbocycles. The Labute approximate surface area is 112 Å². The van der Waals surface area contributed by atoms with E-state index in [4.69, 9.17) is 0 Å². The molecule has 1 aliphatic rings. The van der Waals surface area contributed by atoms with Crippen LogP contribution in [-0.4, -0.2) is 23.4 Å². The van der Waals surface area contributed by atoms with Gasteiger partial charge < -0.3 is 4.90 Å². The first-order chi connectivity index (χ1) is 9.36. The van der Waals surface area contributed by atoms with E-state index in [-0.39, 0.29) is 12.6 Å². The zero-order valence-electron chi connectivity index (χ0n) is 10.7. The molecule has 1 amide bonds. The Balaban J connectivity index is 2.49. The van der Waals surface area contributed by atoms with Gasteiger partial charge in [-0.15, -0.1) is 0 Å². The van der Waals surface area contributed by atoms with Gasteiger partial charge in [0.2, 0.25) is 5.82 Å². The van der Waals surface area contributed by atoms with Crippen molar-refractivity contribution in [2.24, 2.45) is 0 Å². The Hall–Kier alpha value is -1.66. The second-order valence-corrected chi connectivity index (χ2v) is 4.79. The predicted molar refractivity (Wildman–Crippen MR) is 60.6 cm³/mol. The molecule has 1 heterocycles. The normalized spacial score (nSPS) is 19.3. The van der Waals surface area contributed by atoms with Crippen LogP contribution in [0, 0.1) is 29.1 Å². The number of likely N-dealkylation sites (tertiary alicyclic amines) is 1. The first-order valence-electron chi connectivity index (χ1n) is 6.18. The number of nitrogens with zero attached hydrogens (tertiary/aromatic N) is 1. The van der Waals surface area contributed by atoms with Crippen LogP contribution < -0.4 is 0 Å². The van der Waals surface area contributed by atoms with Crippen LogP contribution in [-0.2, 0) is 0 Å². The van der Waals surface area contributed by atoms with Crippen molar-refractivity contribution in [2.75, 3.05) is 6.54 Å². The van der Waals surface area contributed by atoms with E-state index in [1.54, 1.807) is 6.92 Å². The lowest BCUT2D eigenvalue weighted by molar-refractivity contribution is 0.0622. The van der Waals surface area contributed by atoms with Crippen LogP contribution in [0.4, 0.5) is 22.0 Å². The minimum atomic E-state index is -2.26. The highest BCUT2D eigenvalue weighted by Gasteiger charge is 2.34. The number of rotatable bonds is 1. The molecular weight excluding hydrogens is 281 g/mol. The molecule has 0 aliphatic carbocycles. The van der Waals surface area contributed by atoms with Crippen molar-refractivity contribution in [2.45, 2.75) is 32.2 Å². The lowest BCUT2D eigenvalue weighted by Gasteiger charge is -2.33. The fraction of sp³-hybridized carbons (Fsp3) is 0.462. The van der Waals surface area contributed by atoms with Crippen LogP contribution in [0.1, 0.15) is 36.5 Å². The lowest BCUT2D eigenvalue weighted by atomic mass is 10.0. The summed E-state index contributed by atoms with van der Waals surface area (Å²) in [5.41, 5.74) is -1.38. The number of halogens is 5. The molecule has 20 heavy (non-hydrogen) atoms. The fourth-order valence-electron chi connectivity index (χ4n) is 2.34. The summed E-state index contributed by atoms with van der Waals surface area (Å²) in [6.45, 7) is 1.91. The highest BCUT2D eigenvalue weighted by Crippen LogP contribution is 2.26. The van der Waals surface area contributed by atoms with Crippen molar-refractivity contribution < 1.29 is 26.7 Å². The molecule has 1 aromatic rings. The van der Waals surface area contributed by atoms with Gasteiger partial charge in [-0.05, 0) is 26.2 Å². The highest BCUT2D eigenvalue weighted by atomic mass is 19.2. The molecule has 1 saturated heterocycles. The molecule has 0 N–H and O–H groups in total. The van der Waals surface area contributed by atoms with Crippen molar-refractivity contribution in [1.29, 1.82) is 0 Å². The van der Waals surface area contributed by atoms with E-state index in [0.29, 0.717) is 12.8 Å². The fourth-order valence-corrected chi connectivity index (χ4v) is 2.34. The summed E-state index contributed by atoms with van der Waals surface area (Å²) in [4.78, 5) is 13.2. The summed E-state index contributed by atoms with van der Waals surface area (Å²) in [6, 6.07) is -0.300. The van der Waals surface area contributed by atoms with E-state index in [1.165, 1.54) is 0 Å². The van der Waals surface area contributed by atoms with Crippen molar-refractivity contribution in [1.82, 2.24) is 4.90 Å². The molecule has 7 heteroatoms. The van der Waals surface area contributed by atoms with Crippen LogP contribution in [0.25, 0.3) is 0 Å². The molecule has 1 atom stereocenters. The minimum absolute atomic E-state index is 0.236. The van der Waals surface area contributed by atoms with Crippen LogP contribution in [0.3, 0.4) is 0 Å². The summed E-state index contributed by atoms with van der Waals surface area (Å²) in [6.07, 6.45) is 2.11. The Morgan fingerprint density at radius 1 is 0.950 bits per heavy atom. The highest BCUT2D eigenvalue weighted by molar-refractivity contribution is 5.95. The van der Waals surface area contributed by atoms with Gasteiger partial charge in [-0.2, -0.15) is 0 Å². The molecule has 1 aliphatic heterocycles. The first-order valence-corrected chi connectivity index (χ1v) is 6.18. The molecule has 2 nitrogen and oxygen atoms in total. The van der Waals surface area contributed by atoms with Gasteiger partial charge in [-0.1, -0.05) is 0 Å². The maximum absolute atomic E-state index is 13.6. The van der Waals surface area contributed by atoms with Gasteiger partial charge in [-0.25, -0.2) is 22.0 Å².